The van der Waals surface area contributed by atoms with Crippen molar-refractivity contribution in [1.82, 2.24) is 9.97 Å². The maximum atomic E-state index is 5.35. The zero-order valence-corrected chi connectivity index (χ0v) is 7.74. The van der Waals surface area contributed by atoms with Crippen LogP contribution >= 0.6 is 0 Å². The summed E-state index contributed by atoms with van der Waals surface area (Å²) in [6.45, 7) is 6.79. The van der Waals surface area contributed by atoms with E-state index in [1.54, 1.807) is 12.4 Å². The van der Waals surface area contributed by atoms with E-state index in [4.69, 9.17) is 4.74 Å². The first kappa shape index (κ1) is 8.97. The van der Waals surface area contributed by atoms with E-state index in [0.717, 1.165) is 5.69 Å². The molecule has 1 aromatic rings. The lowest BCUT2D eigenvalue weighted by atomic mass is 10.2. The van der Waals surface area contributed by atoms with Crippen LogP contribution in [0.5, 0.6) is 5.88 Å². The van der Waals surface area contributed by atoms with Crippen LogP contribution in [0.4, 0.5) is 0 Å². The molecule has 0 amide bonds. The molecule has 0 atom stereocenters. The molecule has 0 bridgehead atoms. The highest BCUT2D eigenvalue weighted by molar-refractivity contribution is 5.05. The molecule has 0 unspecified atom stereocenters. The minimum atomic E-state index is 0.521. The molecular formula is C9H14N2O. The smallest absolute Gasteiger partial charge is 0.232 e. The number of hydrogen-bond acceptors (Lipinski definition) is 3. The Hall–Kier alpha value is -1.12. The quantitative estimate of drug-likeness (QED) is 0.687. The molecule has 0 spiro atoms. The van der Waals surface area contributed by atoms with Gasteiger partial charge in [0.25, 0.3) is 0 Å². The Morgan fingerprint density at radius 3 is 2.58 bits per heavy atom. The summed E-state index contributed by atoms with van der Waals surface area (Å²) in [4.78, 5) is 8.14. The number of aryl methyl sites for hydroxylation is 1. The normalized spacial score (nSPS) is 10.3. The highest BCUT2D eigenvalue weighted by atomic mass is 16.5. The van der Waals surface area contributed by atoms with Crippen LogP contribution in [0, 0.1) is 12.8 Å². The van der Waals surface area contributed by atoms with Gasteiger partial charge in [-0.25, -0.2) is 4.98 Å². The molecule has 0 fully saturated rings. The SMILES string of the molecule is Cc1cnc(OCC(C)C)cn1. The van der Waals surface area contributed by atoms with E-state index < -0.39 is 0 Å². The highest BCUT2D eigenvalue weighted by Gasteiger charge is 1.97. The second-order valence-electron chi connectivity index (χ2n) is 3.20. The average molecular weight is 166 g/mol. The molecule has 0 aromatic carbocycles. The van der Waals surface area contributed by atoms with Crippen molar-refractivity contribution in [2.24, 2.45) is 5.92 Å². The Balaban J connectivity index is 2.48. The van der Waals surface area contributed by atoms with Gasteiger partial charge in [-0.2, -0.15) is 0 Å². The molecule has 0 saturated carbocycles. The van der Waals surface area contributed by atoms with Crippen LogP contribution in [-0.4, -0.2) is 16.6 Å². The maximum absolute atomic E-state index is 5.35. The standard InChI is InChI=1S/C9H14N2O/c1-7(2)6-12-9-5-10-8(3)4-11-9/h4-5,7H,6H2,1-3H3. The van der Waals surface area contributed by atoms with Gasteiger partial charge in [-0.15, -0.1) is 0 Å². The molecule has 0 aliphatic rings. The molecule has 0 aliphatic heterocycles. The van der Waals surface area contributed by atoms with E-state index in [0.29, 0.717) is 18.4 Å². The molecule has 3 nitrogen and oxygen atoms in total. The molecule has 3 heteroatoms. The highest BCUT2D eigenvalue weighted by Crippen LogP contribution is 2.04. The second-order valence-corrected chi connectivity index (χ2v) is 3.20. The number of rotatable bonds is 3. The third-order valence-electron chi connectivity index (χ3n) is 1.32. The number of nitrogens with zero attached hydrogens (tertiary/aromatic N) is 2. The summed E-state index contributed by atoms with van der Waals surface area (Å²) in [7, 11) is 0. The maximum Gasteiger partial charge on any atom is 0.232 e. The Bertz CT molecular complexity index is 231. The van der Waals surface area contributed by atoms with Crippen LogP contribution < -0.4 is 4.74 Å². The fraction of sp³-hybridized carbons (Fsp3) is 0.556. The Morgan fingerprint density at radius 1 is 1.33 bits per heavy atom. The number of ether oxygens (including phenoxy) is 1. The van der Waals surface area contributed by atoms with Crippen molar-refractivity contribution in [3.8, 4) is 5.88 Å². The van der Waals surface area contributed by atoms with Gasteiger partial charge in [0.05, 0.1) is 24.7 Å². The average Bonchev–Trinajstić information content (AvgIpc) is 2.03. The van der Waals surface area contributed by atoms with Crippen molar-refractivity contribution in [2.75, 3.05) is 6.61 Å². The first-order chi connectivity index (χ1) is 5.68. The van der Waals surface area contributed by atoms with Gasteiger partial charge in [0.1, 0.15) is 0 Å². The molecule has 1 heterocycles. The van der Waals surface area contributed by atoms with Gasteiger partial charge < -0.3 is 4.74 Å². The van der Waals surface area contributed by atoms with Crippen molar-refractivity contribution < 1.29 is 4.74 Å². The summed E-state index contributed by atoms with van der Waals surface area (Å²) in [5.74, 6) is 1.13. The fourth-order valence-electron chi connectivity index (χ4n) is 0.707. The largest absolute Gasteiger partial charge is 0.476 e. The number of hydrogen-bond donors (Lipinski definition) is 0. The van der Waals surface area contributed by atoms with Gasteiger partial charge in [-0.05, 0) is 12.8 Å². The van der Waals surface area contributed by atoms with E-state index >= 15 is 0 Å². The monoisotopic (exact) mass is 166 g/mol. The molecule has 12 heavy (non-hydrogen) atoms. The molecule has 0 radical (unpaired) electrons. The third kappa shape index (κ3) is 2.86. The Labute approximate surface area is 72.8 Å². The van der Waals surface area contributed by atoms with E-state index in [9.17, 15) is 0 Å². The number of aromatic nitrogens is 2. The lowest BCUT2D eigenvalue weighted by Gasteiger charge is -2.06. The van der Waals surface area contributed by atoms with E-state index in [-0.39, 0.29) is 0 Å². The van der Waals surface area contributed by atoms with E-state index in [2.05, 4.69) is 23.8 Å². The van der Waals surface area contributed by atoms with Gasteiger partial charge in [0, 0.05) is 0 Å². The predicted octanol–water partition coefficient (Wildman–Crippen LogP) is 1.82. The summed E-state index contributed by atoms with van der Waals surface area (Å²) in [6.07, 6.45) is 3.35. The summed E-state index contributed by atoms with van der Waals surface area (Å²) in [6, 6.07) is 0. The third-order valence-corrected chi connectivity index (χ3v) is 1.32. The Morgan fingerprint density at radius 2 is 2.08 bits per heavy atom. The van der Waals surface area contributed by atoms with Gasteiger partial charge >= 0.3 is 0 Å². The molecule has 0 N–H and O–H groups in total. The first-order valence-corrected chi connectivity index (χ1v) is 4.10. The summed E-state index contributed by atoms with van der Waals surface area (Å²) in [5, 5.41) is 0. The molecular weight excluding hydrogens is 152 g/mol. The zero-order chi connectivity index (χ0) is 8.97. The summed E-state index contributed by atoms with van der Waals surface area (Å²) in [5.41, 5.74) is 0.909. The first-order valence-electron chi connectivity index (χ1n) is 4.10. The second kappa shape index (κ2) is 4.04. The lowest BCUT2D eigenvalue weighted by molar-refractivity contribution is 0.260. The summed E-state index contributed by atoms with van der Waals surface area (Å²) < 4.78 is 5.35. The topological polar surface area (TPSA) is 35.0 Å². The zero-order valence-electron chi connectivity index (χ0n) is 7.74. The van der Waals surface area contributed by atoms with Crippen LogP contribution in [-0.2, 0) is 0 Å². The fourth-order valence-corrected chi connectivity index (χ4v) is 0.707. The van der Waals surface area contributed by atoms with Crippen molar-refractivity contribution in [2.45, 2.75) is 20.8 Å². The van der Waals surface area contributed by atoms with Crippen molar-refractivity contribution in [1.29, 1.82) is 0 Å². The van der Waals surface area contributed by atoms with Crippen LogP contribution in [0.25, 0.3) is 0 Å². The molecule has 0 saturated heterocycles. The van der Waals surface area contributed by atoms with Crippen LogP contribution in [0.2, 0.25) is 0 Å². The van der Waals surface area contributed by atoms with Gasteiger partial charge in [0.2, 0.25) is 5.88 Å². The van der Waals surface area contributed by atoms with Crippen LogP contribution in [0.15, 0.2) is 12.4 Å². The molecule has 66 valence electrons. The van der Waals surface area contributed by atoms with Crippen molar-refractivity contribution in [3.63, 3.8) is 0 Å². The van der Waals surface area contributed by atoms with Crippen molar-refractivity contribution in [3.05, 3.63) is 18.1 Å². The minimum absolute atomic E-state index is 0.521. The Kier molecular flexibility index (Phi) is 3.02. The van der Waals surface area contributed by atoms with Crippen LogP contribution in [0.1, 0.15) is 19.5 Å². The van der Waals surface area contributed by atoms with E-state index in [1.807, 2.05) is 6.92 Å². The minimum Gasteiger partial charge on any atom is -0.476 e. The molecule has 0 aliphatic carbocycles. The molecule has 1 aromatic heterocycles. The van der Waals surface area contributed by atoms with Gasteiger partial charge in [-0.1, -0.05) is 13.8 Å². The van der Waals surface area contributed by atoms with Gasteiger partial charge in [-0.3, -0.25) is 4.98 Å². The van der Waals surface area contributed by atoms with Crippen molar-refractivity contribution >= 4 is 0 Å². The predicted molar refractivity (Wildman–Crippen MR) is 47.1 cm³/mol. The van der Waals surface area contributed by atoms with E-state index in [1.165, 1.54) is 0 Å². The van der Waals surface area contributed by atoms with Crippen LogP contribution in [0.3, 0.4) is 0 Å². The molecule has 1 rings (SSSR count). The summed E-state index contributed by atoms with van der Waals surface area (Å²) >= 11 is 0. The lowest BCUT2D eigenvalue weighted by Crippen LogP contribution is -2.05. The van der Waals surface area contributed by atoms with Gasteiger partial charge in [0.15, 0.2) is 0 Å².